The Balaban J connectivity index is 1.49. The molecule has 1 amide bonds. The van der Waals surface area contributed by atoms with E-state index >= 15 is 0 Å². The van der Waals surface area contributed by atoms with Gasteiger partial charge in [-0.2, -0.15) is 11.3 Å². The quantitative estimate of drug-likeness (QED) is 0.820. The molecule has 0 aliphatic heterocycles. The highest BCUT2D eigenvalue weighted by Crippen LogP contribution is 2.24. The summed E-state index contributed by atoms with van der Waals surface area (Å²) in [4.78, 5) is 11.8. The standard InChI is InChI=1S/C19H23NO2S/c1-14(12-20-19(21)22-18-4-2-3-5-18)15-6-8-16(9-7-15)17-10-11-23-13-17/h6-11,13-14,18H,2-5,12H2,1H3,(H,20,21). The highest BCUT2D eigenvalue weighted by atomic mass is 32.1. The average Bonchev–Trinajstić information content (AvgIpc) is 3.26. The van der Waals surface area contributed by atoms with Crippen molar-refractivity contribution in [3.63, 3.8) is 0 Å². The third-order valence-electron chi connectivity index (χ3n) is 4.46. The van der Waals surface area contributed by atoms with Crippen LogP contribution in [0.1, 0.15) is 44.1 Å². The number of nitrogens with one attached hydrogen (secondary N) is 1. The number of thiophene rings is 1. The molecule has 1 aliphatic carbocycles. The lowest BCUT2D eigenvalue weighted by Gasteiger charge is -2.16. The summed E-state index contributed by atoms with van der Waals surface area (Å²) < 4.78 is 5.42. The van der Waals surface area contributed by atoms with Crippen LogP contribution in [-0.4, -0.2) is 18.7 Å². The van der Waals surface area contributed by atoms with Crippen LogP contribution in [0, 0.1) is 0 Å². The first-order valence-electron chi connectivity index (χ1n) is 8.29. The van der Waals surface area contributed by atoms with Crippen molar-refractivity contribution in [1.29, 1.82) is 0 Å². The SMILES string of the molecule is CC(CNC(=O)OC1CCCC1)c1ccc(-c2ccsc2)cc1. The molecule has 0 radical (unpaired) electrons. The smallest absolute Gasteiger partial charge is 0.407 e. The molecule has 1 fully saturated rings. The molecule has 1 atom stereocenters. The van der Waals surface area contributed by atoms with E-state index in [1.807, 2.05) is 0 Å². The van der Waals surface area contributed by atoms with Gasteiger partial charge in [0.15, 0.2) is 0 Å². The largest absolute Gasteiger partial charge is 0.446 e. The lowest BCUT2D eigenvalue weighted by Crippen LogP contribution is -2.30. The van der Waals surface area contributed by atoms with Crippen LogP contribution in [0.15, 0.2) is 41.1 Å². The maximum Gasteiger partial charge on any atom is 0.407 e. The fourth-order valence-corrected chi connectivity index (χ4v) is 3.65. The van der Waals surface area contributed by atoms with Crippen molar-refractivity contribution >= 4 is 17.4 Å². The topological polar surface area (TPSA) is 38.3 Å². The summed E-state index contributed by atoms with van der Waals surface area (Å²) in [6.45, 7) is 2.72. The van der Waals surface area contributed by atoms with Gasteiger partial charge in [0, 0.05) is 6.54 Å². The molecule has 1 aromatic carbocycles. The molecule has 1 aromatic heterocycles. The van der Waals surface area contributed by atoms with Crippen molar-refractivity contribution in [1.82, 2.24) is 5.32 Å². The molecular formula is C19H23NO2S. The zero-order chi connectivity index (χ0) is 16.1. The molecule has 1 unspecified atom stereocenters. The maximum atomic E-state index is 11.8. The third kappa shape index (κ3) is 4.35. The molecule has 122 valence electrons. The van der Waals surface area contributed by atoms with Gasteiger partial charge in [0.2, 0.25) is 0 Å². The fraction of sp³-hybridized carbons (Fsp3) is 0.421. The Bertz CT molecular complexity index is 615. The van der Waals surface area contributed by atoms with Crippen LogP contribution in [0.4, 0.5) is 4.79 Å². The van der Waals surface area contributed by atoms with E-state index in [2.05, 4.69) is 53.3 Å². The van der Waals surface area contributed by atoms with Crippen molar-refractivity contribution in [3.8, 4) is 11.1 Å². The zero-order valence-corrected chi connectivity index (χ0v) is 14.3. The van der Waals surface area contributed by atoms with Crippen molar-refractivity contribution in [2.75, 3.05) is 6.54 Å². The number of ether oxygens (including phenoxy) is 1. The summed E-state index contributed by atoms with van der Waals surface area (Å²) in [5.74, 6) is 0.266. The number of hydrogen-bond donors (Lipinski definition) is 1. The van der Waals surface area contributed by atoms with Crippen LogP contribution in [0.5, 0.6) is 0 Å². The zero-order valence-electron chi connectivity index (χ0n) is 13.5. The predicted octanol–water partition coefficient (Wildman–Crippen LogP) is 5.19. The molecular weight excluding hydrogens is 306 g/mol. The molecule has 23 heavy (non-hydrogen) atoms. The monoisotopic (exact) mass is 329 g/mol. The van der Waals surface area contributed by atoms with Gasteiger partial charge in [0.25, 0.3) is 0 Å². The minimum atomic E-state index is -0.279. The molecule has 3 rings (SSSR count). The normalized spacial score (nSPS) is 16.2. The molecule has 0 bridgehead atoms. The number of carbonyl (C=O) groups excluding carboxylic acids is 1. The molecule has 1 N–H and O–H groups in total. The first kappa shape index (κ1) is 16.1. The van der Waals surface area contributed by atoms with E-state index in [0.717, 1.165) is 12.8 Å². The van der Waals surface area contributed by atoms with E-state index in [1.54, 1.807) is 11.3 Å². The minimum absolute atomic E-state index is 0.121. The fourth-order valence-electron chi connectivity index (χ4n) is 2.99. The number of rotatable bonds is 5. The number of benzene rings is 1. The Morgan fingerprint density at radius 3 is 2.61 bits per heavy atom. The van der Waals surface area contributed by atoms with Crippen LogP contribution in [0.25, 0.3) is 11.1 Å². The van der Waals surface area contributed by atoms with Crippen molar-refractivity contribution < 1.29 is 9.53 Å². The second-order valence-electron chi connectivity index (χ2n) is 6.23. The van der Waals surface area contributed by atoms with E-state index in [9.17, 15) is 4.79 Å². The van der Waals surface area contributed by atoms with Gasteiger partial charge < -0.3 is 10.1 Å². The molecule has 0 saturated heterocycles. The van der Waals surface area contributed by atoms with E-state index in [1.165, 1.54) is 29.5 Å². The molecule has 1 saturated carbocycles. The summed E-state index contributed by atoms with van der Waals surface area (Å²) in [5.41, 5.74) is 3.72. The van der Waals surface area contributed by atoms with Crippen LogP contribution in [-0.2, 0) is 4.74 Å². The van der Waals surface area contributed by atoms with E-state index in [-0.39, 0.29) is 18.1 Å². The van der Waals surface area contributed by atoms with Gasteiger partial charge in [-0.25, -0.2) is 4.79 Å². The molecule has 0 spiro atoms. The van der Waals surface area contributed by atoms with Crippen LogP contribution < -0.4 is 5.32 Å². The van der Waals surface area contributed by atoms with Crippen molar-refractivity contribution in [3.05, 3.63) is 46.7 Å². The summed E-state index contributed by atoms with van der Waals surface area (Å²) >= 11 is 1.71. The van der Waals surface area contributed by atoms with Crippen LogP contribution in [0.3, 0.4) is 0 Å². The minimum Gasteiger partial charge on any atom is -0.446 e. The lowest BCUT2D eigenvalue weighted by atomic mass is 9.98. The Morgan fingerprint density at radius 1 is 1.22 bits per heavy atom. The second kappa shape index (κ2) is 7.64. The molecule has 1 heterocycles. The Hall–Kier alpha value is -1.81. The molecule has 1 aliphatic rings. The van der Waals surface area contributed by atoms with Gasteiger partial charge in [0.1, 0.15) is 6.10 Å². The Labute approximate surface area is 141 Å². The first-order valence-corrected chi connectivity index (χ1v) is 9.23. The Morgan fingerprint density at radius 2 is 1.96 bits per heavy atom. The summed E-state index contributed by atoms with van der Waals surface area (Å²) in [5, 5.41) is 7.13. The van der Waals surface area contributed by atoms with Gasteiger partial charge in [-0.05, 0) is 65.1 Å². The number of amides is 1. The van der Waals surface area contributed by atoms with Gasteiger partial charge in [-0.15, -0.1) is 0 Å². The van der Waals surface area contributed by atoms with Crippen molar-refractivity contribution in [2.45, 2.75) is 44.6 Å². The summed E-state index contributed by atoms with van der Waals surface area (Å²) in [7, 11) is 0. The van der Waals surface area contributed by atoms with Gasteiger partial charge in [-0.1, -0.05) is 31.2 Å². The number of carbonyl (C=O) groups is 1. The third-order valence-corrected chi connectivity index (χ3v) is 5.15. The predicted molar refractivity (Wildman–Crippen MR) is 94.9 cm³/mol. The van der Waals surface area contributed by atoms with Gasteiger partial charge in [-0.3, -0.25) is 0 Å². The highest BCUT2D eigenvalue weighted by molar-refractivity contribution is 7.08. The van der Waals surface area contributed by atoms with Crippen LogP contribution >= 0.6 is 11.3 Å². The number of alkyl carbamates (subject to hydrolysis) is 1. The second-order valence-corrected chi connectivity index (χ2v) is 7.01. The van der Waals surface area contributed by atoms with E-state index in [0.29, 0.717) is 6.54 Å². The Kier molecular flexibility index (Phi) is 5.34. The maximum absolute atomic E-state index is 11.8. The first-order chi connectivity index (χ1) is 11.2. The van der Waals surface area contributed by atoms with Gasteiger partial charge >= 0.3 is 6.09 Å². The molecule has 2 aromatic rings. The van der Waals surface area contributed by atoms with E-state index < -0.39 is 0 Å². The lowest BCUT2D eigenvalue weighted by molar-refractivity contribution is 0.101. The molecule has 4 heteroatoms. The van der Waals surface area contributed by atoms with Crippen molar-refractivity contribution in [2.24, 2.45) is 0 Å². The summed E-state index contributed by atoms with van der Waals surface area (Å²) in [6.07, 6.45) is 4.20. The van der Waals surface area contributed by atoms with Crippen LogP contribution in [0.2, 0.25) is 0 Å². The average molecular weight is 329 g/mol. The van der Waals surface area contributed by atoms with Gasteiger partial charge in [0.05, 0.1) is 0 Å². The summed E-state index contributed by atoms with van der Waals surface area (Å²) in [6, 6.07) is 10.7. The number of hydrogen-bond acceptors (Lipinski definition) is 3. The van der Waals surface area contributed by atoms with E-state index in [4.69, 9.17) is 4.74 Å². The molecule has 3 nitrogen and oxygen atoms in total. The highest BCUT2D eigenvalue weighted by Gasteiger charge is 2.19.